The summed E-state index contributed by atoms with van der Waals surface area (Å²) in [7, 11) is 0. The molecule has 0 aliphatic carbocycles. The quantitative estimate of drug-likeness (QED) is 0.872. The SMILES string of the molecule is CCN1CC[C@@H](CNCc2csc(-c3ccc4c(c3)OCO4)n2)C1. The highest BCUT2D eigenvalue weighted by molar-refractivity contribution is 7.13. The van der Waals surface area contributed by atoms with Gasteiger partial charge in [0.05, 0.1) is 5.69 Å². The second-order valence-corrected chi connectivity index (χ2v) is 7.25. The molecule has 24 heavy (non-hydrogen) atoms. The second-order valence-electron chi connectivity index (χ2n) is 6.39. The van der Waals surface area contributed by atoms with Crippen molar-refractivity contribution in [3.8, 4) is 22.1 Å². The average molecular weight is 345 g/mol. The van der Waals surface area contributed by atoms with Crippen LogP contribution >= 0.6 is 11.3 Å². The minimum atomic E-state index is 0.308. The van der Waals surface area contributed by atoms with Crippen LogP contribution < -0.4 is 14.8 Å². The van der Waals surface area contributed by atoms with Gasteiger partial charge >= 0.3 is 0 Å². The Morgan fingerprint density at radius 3 is 3.12 bits per heavy atom. The summed E-state index contributed by atoms with van der Waals surface area (Å²) in [5, 5.41) is 6.74. The topological polar surface area (TPSA) is 46.6 Å². The maximum atomic E-state index is 5.45. The Bertz CT molecular complexity index is 703. The smallest absolute Gasteiger partial charge is 0.231 e. The zero-order chi connectivity index (χ0) is 16.4. The summed E-state index contributed by atoms with van der Waals surface area (Å²) in [6.07, 6.45) is 1.31. The van der Waals surface area contributed by atoms with Crippen LogP contribution in [0.2, 0.25) is 0 Å². The Morgan fingerprint density at radius 1 is 1.33 bits per heavy atom. The number of nitrogens with one attached hydrogen (secondary N) is 1. The Hall–Kier alpha value is -1.63. The Morgan fingerprint density at radius 2 is 2.25 bits per heavy atom. The molecule has 0 unspecified atom stereocenters. The number of likely N-dealkylation sites (tertiary alicyclic amines) is 1. The van der Waals surface area contributed by atoms with Crippen molar-refractivity contribution < 1.29 is 9.47 Å². The maximum Gasteiger partial charge on any atom is 0.231 e. The Balaban J connectivity index is 1.32. The summed E-state index contributed by atoms with van der Waals surface area (Å²) in [6, 6.07) is 6.01. The van der Waals surface area contributed by atoms with Crippen molar-refractivity contribution in [2.45, 2.75) is 19.9 Å². The molecule has 1 atom stereocenters. The monoisotopic (exact) mass is 345 g/mol. The van der Waals surface area contributed by atoms with Crippen LogP contribution in [0.25, 0.3) is 10.6 Å². The lowest BCUT2D eigenvalue weighted by atomic mass is 10.1. The number of rotatable bonds is 6. The summed E-state index contributed by atoms with van der Waals surface area (Å²) < 4.78 is 10.8. The summed E-state index contributed by atoms with van der Waals surface area (Å²) in [5.74, 6) is 2.40. The van der Waals surface area contributed by atoms with E-state index in [0.29, 0.717) is 6.79 Å². The summed E-state index contributed by atoms with van der Waals surface area (Å²) >= 11 is 1.68. The molecule has 1 fully saturated rings. The minimum absolute atomic E-state index is 0.308. The van der Waals surface area contributed by atoms with Gasteiger partial charge in [0.15, 0.2) is 11.5 Å². The van der Waals surface area contributed by atoms with Gasteiger partial charge in [-0.05, 0) is 50.2 Å². The van der Waals surface area contributed by atoms with Crippen molar-refractivity contribution in [3.05, 3.63) is 29.3 Å². The molecule has 2 aromatic rings. The van der Waals surface area contributed by atoms with Gasteiger partial charge in [-0.15, -0.1) is 11.3 Å². The van der Waals surface area contributed by atoms with Crippen LogP contribution in [-0.4, -0.2) is 42.9 Å². The van der Waals surface area contributed by atoms with Gasteiger partial charge in [-0.2, -0.15) is 0 Å². The van der Waals surface area contributed by atoms with E-state index in [1.165, 1.54) is 26.1 Å². The first kappa shape index (κ1) is 15.9. The van der Waals surface area contributed by atoms with Crippen molar-refractivity contribution >= 4 is 11.3 Å². The highest BCUT2D eigenvalue weighted by atomic mass is 32.1. The van der Waals surface area contributed by atoms with E-state index >= 15 is 0 Å². The molecule has 0 radical (unpaired) electrons. The van der Waals surface area contributed by atoms with Gasteiger partial charge in [0.25, 0.3) is 0 Å². The first-order chi connectivity index (χ1) is 11.8. The molecule has 0 amide bonds. The molecular weight excluding hydrogens is 322 g/mol. The van der Waals surface area contributed by atoms with Crippen LogP contribution in [-0.2, 0) is 6.54 Å². The summed E-state index contributed by atoms with van der Waals surface area (Å²) in [4.78, 5) is 7.27. The van der Waals surface area contributed by atoms with Gasteiger partial charge in [-0.3, -0.25) is 0 Å². The molecule has 3 heterocycles. The highest BCUT2D eigenvalue weighted by Gasteiger charge is 2.20. The molecule has 2 aliphatic rings. The van der Waals surface area contributed by atoms with E-state index in [0.717, 1.165) is 46.8 Å². The molecule has 4 rings (SSSR count). The zero-order valence-electron chi connectivity index (χ0n) is 14.0. The molecule has 0 bridgehead atoms. The fourth-order valence-corrected chi connectivity index (χ4v) is 4.14. The number of nitrogens with zero attached hydrogens (tertiary/aromatic N) is 2. The number of ether oxygens (including phenoxy) is 2. The summed E-state index contributed by atoms with van der Waals surface area (Å²) in [6.45, 7) is 8.10. The number of aromatic nitrogens is 1. The zero-order valence-corrected chi connectivity index (χ0v) is 14.8. The number of hydrogen-bond donors (Lipinski definition) is 1. The van der Waals surface area contributed by atoms with Crippen molar-refractivity contribution in [2.24, 2.45) is 5.92 Å². The van der Waals surface area contributed by atoms with Crippen molar-refractivity contribution in [1.82, 2.24) is 15.2 Å². The van der Waals surface area contributed by atoms with E-state index < -0.39 is 0 Å². The van der Waals surface area contributed by atoms with Gasteiger partial charge in [0, 0.05) is 24.0 Å². The second kappa shape index (κ2) is 7.09. The van der Waals surface area contributed by atoms with E-state index in [1.54, 1.807) is 11.3 Å². The van der Waals surface area contributed by atoms with Crippen molar-refractivity contribution in [3.63, 3.8) is 0 Å². The summed E-state index contributed by atoms with van der Waals surface area (Å²) in [5.41, 5.74) is 2.20. The van der Waals surface area contributed by atoms with Gasteiger partial charge in [0.2, 0.25) is 6.79 Å². The van der Waals surface area contributed by atoms with Crippen LogP contribution in [0.1, 0.15) is 19.0 Å². The van der Waals surface area contributed by atoms with Crippen LogP contribution in [0, 0.1) is 5.92 Å². The van der Waals surface area contributed by atoms with E-state index in [2.05, 4.69) is 22.5 Å². The number of hydrogen-bond acceptors (Lipinski definition) is 6. The largest absolute Gasteiger partial charge is 0.454 e. The molecule has 2 aliphatic heterocycles. The molecule has 0 saturated carbocycles. The maximum absolute atomic E-state index is 5.45. The molecule has 6 heteroatoms. The molecule has 1 saturated heterocycles. The van der Waals surface area contributed by atoms with Crippen LogP contribution in [0.5, 0.6) is 11.5 Å². The van der Waals surface area contributed by atoms with E-state index in [4.69, 9.17) is 14.5 Å². The third-order valence-electron chi connectivity index (χ3n) is 4.73. The van der Waals surface area contributed by atoms with Gasteiger partial charge in [0.1, 0.15) is 5.01 Å². The lowest BCUT2D eigenvalue weighted by Crippen LogP contribution is -2.26. The number of fused-ring (bicyclic) bond motifs is 1. The molecule has 1 N–H and O–H groups in total. The minimum Gasteiger partial charge on any atom is -0.454 e. The standard InChI is InChI=1S/C18H23N3O2S/c1-2-21-6-5-13(10-21)8-19-9-15-11-24-18(20-15)14-3-4-16-17(7-14)23-12-22-16/h3-4,7,11,13,19H,2,5-6,8-10,12H2,1H3/t13-/m0/s1. The van der Waals surface area contributed by atoms with Crippen LogP contribution in [0.3, 0.4) is 0 Å². The lowest BCUT2D eigenvalue weighted by Gasteiger charge is -2.13. The third kappa shape index (κ3) is 3.41. The molecular formula is C18H23N3O2S. The average Bonchev–Trinajstić information content (AvgIpc) is 3.34. The van der Waals surface area contributed by atoms with Crippen molar-refractivity contribution in [2.75, 3.05) is 33.0 Å². The third-order valence-corrected chi connectivity index (χ3v) is 5.67. The first-order valence-corrected chi connectivity index (χ1v) is 9.47. The van der Waals surface area contributed by atoms with Crippen LogP contribution in [0.4, 0.5) is 0 Å². The fourth-order valence-electron chi connectivity index (χ4n) is 3.32. The molecule has 5 nitrogen and oxygen atoms in total. The van der Waals surface area contributed by atoms with Crippen molar-refractivity contribution in [1.29, 1.82) is 0 Å². The number of benzene rings is 1. The van der Waals surface area contributed by atoms with Gasteiger partial charge in [-0.1, -0.05) is 6.92 Å². The lowest BCUT2D eigenvalue weighted by molar-refractivity contribution is 0.174. The molecule has 1 aromatic carbocycles. The van der Waals surface area contributed by atoms with Crippen LogP contribution in [0.15, 0.2) is 23.6 Å². The highest BCUT2D eigenvalue weighted by Crippen LogP contribution is 2.36. The van der Waals surface area contributed by atoms with Gasteiger partial charge < -0.3 is 19.7 Å². The predicted molar refractivity (Wildman–Crippen MR) is 95.6 cm³/mol. The number of thiazole rings is 1. The van der Waals surface area contributed by atoms with E-state index in [9.17, 15) is 0 Å². The molecule has 128 valence electrons. The molecule has 0 spiro atoms. The Kier molecular flexibility index (Phi) is 4.69. The van der Waals surface area contributed by atoms with E-state index in [1.807, 2.05) is 18.2 Å². The Labute approximate surface area is 146 Å². The fraction of sp³-hybridized carbons (Fsp3) is 0.500. The predicted octanol–water partition coefficient (Wildman–Crippen LogP) is 2.97. The normalized spacial score (nSPS) is 20.0. The first-order valence-electron chi connectivity index (χ1n) is 8.59. The van der Waals surface area contributed by atoms with Gasteiger partial charge in [-0.25, -0.2) is 4.98 Å². The van der Waals surface area contributed by atoms with E-state index in [-0.39, 0.29) is 0 Å². The molecule has 1 aromatic heterocycles.